The van der Waals surface area contributed by atoms with Crippen molar-refractivity contribution in [2.45, 2.75) is 39.4 Å². The zero-order chi connectivity index (χ0) is 16.9. The molecule has 0 spiro atoms. The average Bonchev–Trinajstić information content (AvgIpc) is 3.21. The molecule has 3 rings (SSSR count). The molecule has 1 unspecified atom stereocenters. The number of nitrogens with zero attached hydrogens (tertiary/aromatic N) is 1. The van der Waals surface area contributed by atoms with Gasteiger partial charge >= 0.3 is 0 Å². The van der Waals surface area contributed by atoms with Crippen LogP contribution in [-0.2, 0) is 11.3 Å². The largest absolute Gasteiger partial charge is 0.486 e. The summed E-state index contributed by atoms with van der Waals surface area (Å²) < 4.78 is 11.3. The van der Waals surface area contributed by atoms with Gasteiger partial charge in [-0.15, -0.1) is 11.3 Å². The number of nitrogens with one attached hydrogen (secondary N) is 1. The molecule has 1 aromatic heterocycles. The lowest BCUT2D eigenvalue weighted by Crippen LogP contribution is -2.31. The van der Waals surface area contributed by atoms with Crippen molar-refractivity contribution in [3.63, 3.8) is 0 Å². The van der Waals surface area contributed by atoms with Gasteiger partial charge in [-0.3, -0.25) is 4.79 Å². The minimum atomic E-state index is -0.153. The molecular formula is C18H22N2O3S. The molecule has 128 valence electrons. The highest BCUT2D eigenvalue weighted by atomic mass is 32.1. The van der Waals surface area contributed by atoms with E-state index in [1.54, 1.807) is 5.38 Å². The first kappa shape index (κ1) is 16.9. The van der Waals surface area contributed by atoms with E-state index in [2.05, 4.69) is 16.4 Å². The SMILES string of the molecule is Cc1cc(C)cc(OCc2nc(C(=O)NCC3CCCO3)cs2)c1. The molecule has 1 amide bonds. The highest BCUT2D eigenvalue weighted by molar-refractivity contribution is 7.09. The Kier molecular flexibility index (Phi) is 5.48. The van der Waals surface area contributed by atoms with Crippen LogP contribution < -0.4 is 10.1 Å². The molecule has 24 heavy (non-hydrogen) atoms. The molecule has 0 bridgehead atoms. The summed E-state index contributed by atoms with van der Waals surface area (Å²) in [6, 6.07) is 6.10. The molecule has 1 N–H and O–H groups in total. The Labute approximate surface area is 146 Å². The van der Waals surface area contributed by atoms with Gasteiger partial charge in [0.1, 0.15) is 23.1 Å². The topological polar surface area (TPSA) is 60.5 Å². The Bertz CT molecular complexity index is 688. The molecule has 1 aliphatic heterocycles. The van der Waals surface area contributed by atoms with Gasteiger partial charge < -0.3 is 14.8 Å². The summed E-state index contributed by atoms with van der Waals surface area (Å²) in [5.74, 6) is 0.673. The Morgan fingerprint density at radius 3 is 2.88 bits per heavy atom. The Morgan fingerprint density at radius 2 is 2.17 bits per heavy atom. The molecule has 2 heterocycles. The summed E-state index contributed by atoms with van der Waals surface area (Å²) in [5.41, 5.74) is 2.77. The van der Waals surface area contributed by atoms with Crippen LogP contribution in [0.1, 0.15) is 39.5 Å². The first-order valence-electron chi connectivity index (χ1n) is 8.15. The van der Waals surface area contributed by atoms with Crippen molar-refractivity contribution in [2.24, 2.45) is 0 Å². The van der Waals surface area contributed by atoms with Crippen molar-refractivity contribution < 1.29 is 14.3 Å². The number of aryl methyl sites for hydroxylation is 2. The predicted octanol–water partition coefficient (Wildman–Crippen LogP) is 3.25. The van der Waals surface area contributed by atoms with Gasteiger partial charge in [-0.2, -0.15) is 0 Å². The van der Waals surface area contributed by atoms with Gasteiger partial charge in [0.25, 0.3) is 5.91 Å². The summed E-state index contributed by atoms with van der Waals surface area (Å²) in [6.45, 7) is 5.79. The van der Waals surface area contributed by atoms with E-state index in [0.29, 0.717) is 18.8 Å². The first-order chi connectivity index (χ1) is 11.6. The van der Waals surface area contributed by atoms with Gasteiger partial charge in [-0.05, 0) is 49.9 Å². The monoisotopic (exact) mass is 346 g/mol. The van der Waals surface area contributed by atoms with Crippen LogP contribution in [0, 0.1) is 13.8 Å². The third-order valence-corrected chi connectivity index (χ3v) is 4.68. The zero-order valence-corrected chi connectivity index (χ0v) is 14.8. The first-order valence-corrected chi connectivity index (χ1v) is 9.03. The summed E-state index contributed by atoms with van der Waals surface area (Å²) in [5, 5.41) is 5.44. The number of hydrogen-bond donors (Lipinski definition) is 1. The molecular weight excluding hydrogens is 324 g/mol. The van der Waals surface area contributed by atoms with E-state index >= 15 is 0 Å². The normalized spacial score (nSPS) is 17.0. The van der Waals surface area contributed by atoms with Crippen molar-refractivity contribution >= 4 is 17.2 Å². The van der Waals surface area contributed by atoms with Gasteiger partial charge in [0.15, 0.2) is 0 Å². The van der Waals surface area contributed by atoms with Crippen molar-refractivity contribution in [3.8, 4) is 5.75 Å². The maximum Gasteiger partial charge on any atom is 0.270 e. The number of rotatable bonds is 6. The number of amides is 1. The second-order valence-corrected chi connectivity index (χ2v) is 7.03. The molecule has 1 saturated heterocycles. The number of thiazole rings is 1. The molecule has 1 fully saturated rings. The standard InChI is InChI=1S/C18H22N2O3S/c1-12-6-13(2)8-15(7-12)23-10-17-20-16(11-24-17)18(21)19-9-14-4-3-5-22-14/h6-8,11,14H,3-5,9-10H2,1-2H3,(H,19,21). The van der Waals surface area contributed by atoms with Gasteiger partial charge in [0, 0.05) is 18.5 Å². The molecule has 2 aromatic rings. The van der Waals surface area contributed by atoms with E-state index in [-0.39, 0.29) is 12.0 Å². The van der Waals surface area contributed by atoms with E-state index in [4.69, 9.17) is 9.47 Å². The fourth-order valence-corrected chi connectivity index (χ4v) is 3.43. The molecule has 1 atom stereocenters. The van der Waals surface area contributed by atoms with Gasteiger partial charge in [0.2, 0.25) is 0 Å². The highest BCUT2D eigenvalue weighted by Gasteiger charge is 2.18. The minimum absolute atomic E-state index is 0.139. The maximum absolute atomic E-state index is 12.1. The van der Waals surface area contributed by atoms with Gasteiger partial charge in [0.05, 0.1) is 6.10 Å². The molecule has 5 nitrogen and oxygen atoms in total. The number of aromatic nitrogens is 1. The third kappa shape index (κ3) is 4.55. The molecule has 0 saturated carbocycles. The fourth-order valence-electron chi connectivity index (χ4n) is 2.75. The van der Waals surface area contributed by atoms with E-state index in [0.717, 1.165) is 30.2 Å². The lowest BCUT2D eigenvalue weighted by atomic mass is 10.1. The van der Waals surface area contributed by atoms with Gasteiger partial charge in [-0.1, -0.05) is 6.07 Å². The minimum Gasteiger partial charge on any atom is -0.486 e. The highest BCUT2D eigenvalue weighted by Crippen LogP contribution is 2.19. The number of ether oxygens (including phenoxy) is 2. The average molecular weight is 346 g/mol. The second kappa shape index (κ2) is 7.77. The number of hydrogen-bond acceptors (Lipinski definition) is 5. The fraction of sp³-hybridized carbons (Fsp3) is 0.444. The van der Waals surface area contributed by atoms with Crippen LogP contribution in [0.15, 0.2) is 23.6 Å². The Balaban J connectivity index is 1.51. The van der Waals surface area contributed by atoms with Crippen molar-refractivity contribution in [1.29, 1.82) is 0 Å². The lowest BCUT2D eigenvalue weighted by Gasteiger charge is -2.09. The molecule has 1 aromatic carbocycles. The predicted molar refractivity (Wildman–Crippen MR) is 93.7 cm³/mol. The van der Waals surface area contributed by atoms with Crippen LogP contribution >= 0.6 is 11.3 Å². The van der Waals surface area contributed by atoms with Crippen LogP contribution in [0.5, 0.6) is 5.75 Å². The van der Waals surface area contributed by atoms with E-state index < -0.39 is 0 Å². The lowest BCUT2D eigenvalue weighted by molar-refractivity contribution is 0.0854. The van der Waals surface area contributed by atoms with Crippen molar-refractivity contribution in [3.05, 3.63) is 45.4 Å². The smallest absolute Gasteiger partial charge is 0.270 e. The van der Waals surface area contributed by atoms with Crippen molar-refractivity contribution in [1.82, 2.24) is 10.3 Å². The van der Waals surface area contributed by atoms with Gasteiger partial charge in [-0.25, -0.2) is 4.98 Å². The van der Waals surface area contributed by atoms with Crippen LogP contribution in [0.4, 0.5) is 0 Å². The second-order valence-electron chi connectivity index (χ2n) is 6.08. The number of benzene rings is 1. The molecule has 0 aliphatic carbocycles. The van der Waals surface area contributed by atoms with E-state index in [1.807, 2.05) is 26.0 Å². The zero-order valence-electron chi connectivity index (χ0n) is 14.0. The molecule has 1 aliphatic rings. The number of carbonyl (C=O) groups is 1. The Morgan fingerprint density at radius 1 is 1.38 bits per heavy atom. The quantitative estimate of drug-likeness (QED) is 0.872. The van der Waals surface area contributed by atoms with Crippen LogP contribution in [0.2, 0.25) is 0 Å². The van der Waals surface area contributed by atoms with Crippen LogP contribution in [0.25, 0.3) is 0 Å². The van der Waals surface area contributed by atoms with Crippen LogP contribution in [-0.4, -0.2) is 30.1 Å². The number of carbonyl (C=O) groups excluding carboxylic acids is 1. The summed E-state index contributed by atoms with van der Waals surface area (Å²) in [4.78, 5) is 16.5. The summed E-state index contributed by atoms with van der Waals surface area (Å²) >= 11 is 1.44. The molecule has 0 radical (unpaired) electrons. The van der Waals surface area contributed by atoms with E-state index in [1.165, 1.54) is 22.5 Å². The maximum atomic E-state index is 12.1. The summed E-state index contributed by atoms with van der Waals surface area (Å²) in [7, 11) is 0. The summed E-state index contributed by atoms with van der Waals surface area (Å²) in [6.07, 6.45) is 2.21. The van der Waals surface area contributed by atoms with E-state index in [9.17, 15) is 4.79 Å². The third-order valence-electron chi connectivity index (χ3n) is 3.86. The Hall–Kier alpha value is -1.92. The van der Waals surface area contributed by atoms with Crippen molar-refractivity contribution in [2.75, 3.05) is 13.2 Å². The molecule has 6 heteroatoms. The van der Waals surface area contributed by atoms with Crippen LogP contribution in [0.3, 0.4) is 0 Å².